The molecule has 1 aliphatic carbocycles. The SMILES string of the molecule is CC[C@@H](C)[CH]C(=O)N1C[C@@H](c2ccc(OC)c(OCC3CC3)c2)[C@](C)([C@@H](C)O)C1. The van der Waals surface area contributed by atoms with E-state index in [1.54, 1.807) is 7.11 Å². The van der Waals surface area contributed by atoms with Crippen LogP contribution in [0, 0.1) is 23.7 Å². The summed E-state index contributed by atoms with van der Waals surface area (Å²) in [6.07, 6.45) is 4.68. The average molecular weight is 403 g/mol. The number of aliphatic hydroxyl groups is 1. The van der Waals surface area contributed by atoms with Crippen LogP contribution in [0.4, 0.5) is 0 Å². The van der Waals surface area contributed by atoms with Gasteiger partial charge >= 0.3 is 0 Å². The first-order chi connectivity index (χ1) is 13.8. The van der Waals surface area contributed by atoms with Crippen molar-refractivity contribution >= 4 is 5.91 Å². The largest absolute Gasteiger partial charge is 0.493 e. The zero-order chi connectivity index (χ0) is 21.2. The number of nitrogens with zero attached hydrogens (tertiary/aromatic N) is 1. The van der Waals surface area contributed by atoms with Gasteiger partial charge in [-0.15, -0.1) is 0 Å². The van der Waals surface area contributed by atoms with Crippen molar-refractivity contribution in [3.8, 4) is 11.5 Å². The van der Waals surface area contributed by atoms with E-state index in [1.165, 1.54) is 12.8 Å². The maximum absolute atomic E-state index is 12.8. The lowest BCUT2D eigenvalue weighted by Gasteiger charge is -2.34. The Morgan fingerprint density at radius 2 is 2.07 bits per heavy atom. The number of methoxy groups -OCH3 is 1. The monoisotopic (exact) mass is 402 g/mol. The first kappa shape index (κ1) is 21.9. The molecule has 0 spiro atoms. The lowest BCUT2D eigenvalue weighted by molar-refractivity contribution is -0.127. The Morgan fingerprint density at radius 3 is 2.66 bits per heavy atom. The molecule has 1 aliphatic heterocycles. The lowest BCUT2D eigenvalue weighted by Crippen LogP contribution is -2.38. The molecule has 0 unspecified atom stereocenters. The van der Waals surface area contributed by atoms with Gasteiger partial charge in [0.2, 0.25) is 5.91 Å². The summed E-state index contributed by atoms with van der Waals surface area (Å²) in [7, 11) is 1.65. The van der Waals surface area contributed by atoms with Gasteiger partial charge in [-0.25, -0.2) is 0 Å². The van der Waals surface area contributed by atoms with Crippen molar-refractivity contribution in [2.24, 2.45) is 17.3 Å². The van der Waals surface area contributed by atoms with Crippen molar-refractivity contribution in [1.29, 1.82) is 0 Å². The summed E-state index contributed by atoms with van der Waals surface area (Å²) in [6, 6.07) is 6.02. The van der Waals surface area contributed by atoms with Crippen molar-refractivity contribution < 1.29 is 19.4 Å². The molecule has 3 rings (SSSR count). The molecule has 1 N–H and O–H groups in total. The fourth-order valence-electron chi connectivity index (χ4n) is 4.07. The maximum atomic E-state index is 12.8. The number of hydrogen-bond acceptors (Lipinski definition) is 4. The van der Waals surface area contributed by atoms with Gasteiger partial charge in [0.1, 0.15) is 0 Å². The fourth-order valence-corrected chi connectivity index (χ4v) is 4.07. The van der Waals surface area contributed by atoms with Gasteiger partial charge in [0.25, 0.3) is 0 Å². The minimum absolute atomic E-state index is 0.0333. The fraction of sp³-hybridized carbons (Fsp3) is 0.667. The zero-order valence-corrected chi connectivity index (χ0v) is 18.5. The molecular formula is C24H36NO4. The highest BCUT2D eigenvalue weighted by Gasteiger charge is 2.48. The molecule has 0 aromatic heterocycles. The second kappa shape index (κ2) is 8.95. The number of carbonyl (C=O) groups is 1. The van der Waals surface area contributed by atoms with E-state index in [4.69, 9.17) is 9.47 Å². The van der Waals surface area contributed by atoms with Crippen molar-refractivity contribution in [3.63, 3.8) is 0 Å². The van der Waals surface area contributed by atoms with Gasteiger partial charge in [-0.2, -0.15) is 0 Å². The third-order valence-electron chi connectivity index (χ3n) is 6.83. The predicted molar refractivity (Wildman–Crippen MR) is 114 cm³/mol. The summed E-state index contributed by atoms with van der Waals surface area (Å²) < 4.78 is 11.5. The van der Waals surface area contributed by atoms with E-state index < -0.39 is 11.5 Å². The second-order valence-corrected chi connectivity index (χ2v) is 9.17. The molecule has 1 saturated carbocycles. The van der Waals surface area contributed by atoms with E-state index in [0.29, 0.717) is 25.6 Å². The molecule has 1 saturated heterocycles. The van der Waals surface area contributed by atoms with E-state index in [1.807, 2.05) is 36.4 Å². The lowest BCUT2D eigenvalue weighted by atomic mass is 9.72. The van der Waals surface area contributed by atoms with E-state index in [9.17, 15) is 9.90 Å². The number of carbonyl (C=O) groups excluding carboxylic acids is 1. The summed E-state index contributed by atoms with van der Waals surface area (Å²) in [5, 5.41) is 10.6. The van der Waals surface area contributed by atoms with Gasteiger partial charge in [0, 0.05) is 24.4 Å². The summed E-state index contributed by atoms with van der Waals surface area (Å²) in [4.78, 5) is 14.7. The van der Waals surface area contributed by atoms with Gasteiger partial charge in [-0.3, -0.25) is 4.79 Å². The second-order valence-electron chi connectivity index (χ2n) is 9.17. The molecule has 1 aromatic rings. The number of benzene rings is 1. The van der Waals surface area contributed by atoms with Gasteiger partial charge < -0.3 is 19.5 Å². The molecule has 4 atom stereocenters. The van der Waals surface area contributed by atoms with Crippen LogP contribution in [0.3, 0.4) is 0 Å². The highest BCUT2D eigenvalue weighted by Crippen LogP contribution is 2.47. The molecule has 0 bridgehead atoms. The number of rotatable bonds is 9. The van der Waals surface area contributed by atoms with Gasteiger partial charge in [-0.1, -0.05) is 33.3 Å². The molecule has 1 aromatic carbocycles. The normalized spacial score (nSPS) is 26.3. The van der Waals surface area contributed by atoms with Crippen LogP contribution >= 0.6 is 0 Å². The Balaban J connectivity index is 1.84. The van der Waals surface area contributed by atoms with E-state index in [2.05, 4.69) is 20.8 Å². The van der Waals surface area contributed by atoms with Crippen LogP contribution in [0.25, 0.3) is 0 Å². The highest BCUT2D eigenvalue weighted by atomic mass is 16.5. The summed E-state index contributed by atoms with van der Waals surface area (Å²) in [5.74, 6) is 2.48. The third kappa shape index (κ3) is 4.88. The average Bonchev–Trinajstić information content (AvgIpc) is 3.46. The Hall–Kier alpha value is -1.75. The molecule has 5 nitrogen and oxygen atoms in total. The van der Waals surface area contributed by atoms with Crippen LogP contribution in [-0.4, -0.2) is 48.8 Å². The smallest absolute Gasteiger partial charge is 0.226 e. The summed E-state index contributed by atoms with van der Waals surface area (Å²) in [6.45, 7) is 9.91. The predicted octanol–water partition coefficient (Wildman–Crippen LogP) is 4.05. The standard InChI is InChI=1S/C24H36NO4/c1-6-16(2)11-23(27)25-13-20(24(4,15-25)17(3)26)19-9-10-21(28-5)22(12-19)29-14-18-7-8-18/h9-12,16-18,20,26H,6-8,13-15H2,1-5H3/t16-,17-,20+,24+/m1/s1. The van der Waals surface area contributed by atoms with Gasteiger partial charge in [-0.05, 0) is 49.3 Å². The van der Waals surface area contributed by atoms with Crippen LogP contribution in [0.15, 0.2) is 18.2 Å². The van der Waals surface area contributed by atoms with Gasteiger partial charge in [0.05, 0.1) is 26.2 Å². The minimum Gasteiger partial charge on any atom is -0.493 e. The molecule has 1 radical (unpaired) electrons. The molecule has 29 heavy (non-hydrogen) atoms. The molecular weight excluding hydrogens is 366 g/mol. The van der Waals surface area contributed by atoms with E-state index in [-0.39, 0.29) is 17.7 Å². The number of likely N-dealkylation sites (tertiary alicyclic amines) is 1. The van der Waals surface area contributed by atoms with Gasteiger partial charge in [0.15, 0.2) is 11.5 Å². The van der Waals surface area contributed by atoms with Crippen molar-refractivity contribution in [1.82, 2.24) is 4.90 Å². The highest BCUT2D eigenvalue weighted by molar-refractivity contribution is 5.85. The number of ether oxygens (including phenoxy) is 2. The van der Waals surface area contributed by atoms with Crippen LogP contribution in [-0.2, 0) is 4.79 Å². The van der Waals surface area contributed by atoms with Crippen molar-refractivity contribution in [2.75, 3.05) is 26.8 Å². The summed E-state index contributed by atoms with van der Waals surface area (Å²) in [5.41, 5.74) is 0.667. The maximum Gasteiger partial charge on any atom is 0.226 e. The summed E-state index contributed by atoms with van der Waals surface area (Å²) >= 11 is 0. The molecule has 2 fully saturated rings. The Labute approximate surface area is 175 Å². The van der Waals surface area contributed by atoms with Crippen LogP contribution in [0.1, 0.15) is 58.4 Å². The molecule has 161 valence electrons. The van der Waals surface area contributed by atoms with E-state index >= 15 is 0 Å². The molecule has 2 aliphatic rings. The number of hydrogen-bond donors (Lipinski definition) is 1. The number of aliphatic hydroxyl groups excluding tert-OH is 1. The van der Waals surface area contributed by atoms with E-state index in [0.717, 1.165) is 23.5 Å². The Bertz CT molecular complexity index is 715. The third-order valence-corrected chi connectivity index (χ3v) is 6.83. The van der Waals surface area contributed by atoms with Crippen molar-refractivity contribution in [2.45, 2.75) is 59.0 Å². The minimum atomic E-state index is -0.535. The number of amides is 1. The van der Waals surface area contributed by atoms with Crippen LogP contribution < -0.4 is 9.47 Å². The molecule has 5 heteroatoms. The van der Waals surface area contributed by atoms with Crippen LogP contribution in [0.5, 0.6) is 11.5 Å². The first-order valence-corrected chi connectivity index (χ1v) is 10.9. The van der Waals surface area contributed by atoms with Crippen LogP contribution in [0.2, 0.25) is 0 Å². The topological polar surface area (TPSA) is 59.0 Å². The molecule has 1 heterocycles. The Morgan fingerprint density at radius 1 is 1.34 bits per heavy atom. The zero-order valence-electron chi connectivity index (χ0n) is 18.5. The van der Waals surface area contributed by atoms with Crippen molar-refractivity contribution in [3.05, 3.63) is 30.2 Å². The Kier molecular flexibility index (Phi) is 6.77. The molecule has 1 amide bonds. The quantitative estimate of drug-likeness (QED) is 0.677. The first-order valence-electron chi connectivity index (χ1n) is 10.9.